The number of allylic oxidation sites excluding steroid dienone is 1. The third kappa shape index (κ3) is 5.41. The van der Waals surface area contributed by atoms with E-state index in [2.05, 4.69) is 40.7 Å². The summed E-state index contributed by atoms with van der Waals surface area (Å²) in [5, 5.41) is 40.3. The summed E-state index contributed by atoms with van der Waals surface area (Å²) in [5.74, 6) is 4.87. The van der Waals surface area contributed by atoms with Crippen molar-refractivity contribution in [2.45, 2.75) is 142 Å². The molecule has 39 heavy (non-hydrogen) atoms. The van der Waals surface area contributed by atoms with Crippen molar-refractivity contribution in [3.05, 3.63) is 11.6 Å². The van der Waals surface area contributed by atoms with Crippen LogP contribution in [0.3, 0.4) is 0 Å². The number of hydrogen-bond donors (Lipinski definition) is 4. The Hall–Kier alpha value is -0.500. The van der Waals surface area contributed by atoms with Gasteiger partial charge in [-0.25, -0.2) is 0 Å². The molecule has 5 aliphatic rings. The smallest absolute Gasteiger partial charge is 0.186 e. The van der Waals surface area contributed by atoms with Crippen LogP contribution in [0.2, 0.25) is 0 Å². The highest BCUT2D eigenvalue weighted by atomic mass is 16.7. The Morgan fingerprint density at radius 3 is 2.44 bits per heavy atom. The predicted octanol–water partition coefficient (Wildman–Crippen LogP) is 5.21. The van der Waals surface area contributed by atoms with Crippen molar-refractivity contribution in [1.82, 2.24) is 0 Å². The first-order valence-electron chi connectivity index (χ1n) is 16.1. The van der Waals surface area contributed by atoms with Gasteiger partial charge in [0.25, 0.3) is 0 Å². The Morgan fingerprint density at radius 2 is 1.72 bits per heavy atom. The van der Waals surface area contributed by atoms with Gasteiger partial charge in [0.2, 0.25) is 0 Å². The molecule has 0 amide bonds. The van der Waals surface area contributed by atoms with Crippen molar-refractivity contribution in [3.63, 3.8) is 0 Å². The summed E-state index contributed by atoms with van der Waals surface area (Å²) in [6.45, 7) is 12.0. The van der Waals surface area contributed by atoms with Gasteiger partial charge in [-0.1, -0.05) is 65.5 Å². The molecule has 0 radical (unpaired) electrons. The fraction of sp³-hybridized carbons (Fsp3) is 0.939. The van der Waals surface area contributed by atoms with Crippen molar-refractivity contribution in [2.75, 3.05) is 6.61 Å². The van der Waals surface area contributed by atoms with E-state index in [9.17, 15) is 20.4 Å². The summed E-state index contributed by atoms with van der Waals surface area (Å²) in [5.41, 5.74) is 2.20. The number of ether oxygens (including phenoxy) is 2. The Bertz CT molecular complexity index is 872. The van der Waals surface area contributed by atoms with E-state index in [0.29, 0.717) is 5.41 Å². The molecule has 0 aromatic heterocycles. The van der Waals surface area contributed by atoms with E-state index < -0.39 is 37.3 Å². The Labute approximate surface area is 236 Å². The van der Waals surface area contributed by atoms with Gasteiger partial charge in [-0.05, 0) is 97.7 Å². The van der Waals surface area contributed by atoms with E-state index in [1.54, 1.807) is 0 Å². The highest BCUT2D eigenvalue weighted by Gasteiger charge is 2.59. The van der Waals surface area contributed by atoms with Crippen LogP contribution < -0.4 is 0 Å². The molecule has 3 saturated carbocycles. The van der Waals surface area contributed by atoms with Gasteiger partial charge in [0.15, 0.2) is 6.29 Å². The second kappa shape index (κ2) is 11.6. The SMILES string of the molecule is CC(C)CCC[C@@H](C)[C@H]1CC[C@H]2[C@@H]3CC=C4C[C@@H](O[C@H]5O[C@H](CO)[C@@H](O)[C@@H](O)[C@@H]5O)CC[C@]4(C)[C@H]3CC[C@]12C. The van der Waals surface area contributed by atoms with Crippen molar-refractivity contribution in [1.29, 1.82) is 0 Å². The summed E-state index contributed by atoms with van der Waals surface area (Å²) in [6, 6.07) is 0. The molecule has 0 aromatic carbocycles. The number of fused-ring (bicyclic) bond motifs is 5. The third-order valence-electron chi connectivity index (χ3n) is 12.4. The number of aliphatic hydroxyl groups is 4. The van der Waals surface area contributed by atoms with E-state index >= 15 is 0 Å². The van der Waals surface area contributed by atoms with Crippen LogP contribution in [0.5, 0.6) is 0 Å². The standard InChI is InChI=1S/C33H56O6/c1-19(2)7-6-8-20(3)24-11-12-25-23-10-9-21-17-22(13-15-32(21,4)26(23)14-16-33(24,25)5)38-31-30(37)29(36)28(35)27(18-34)39-31/h9,19-20,22-31,34-37H,6-8,10-18H2,1-5H3/t20-,22+,23+,24-,25+,26+,27-,28-,29-,30+,31+,32+,33-/m1/s1. The number of hydrogen-bond acceptors (Lipinski definition) is 6. The molecule has 1 saturated heterocycles. The molecule has 13 atom stereocenters. The van der Waals surface area contributed by atoms with Crippen molar-refractivity contribution < 1.29 is 29.9 Å². The van der Waals surface area contributed by atoms with Gasteiger partial charge in [0.05, 0.1) is 12.7 Å². The molecule has 4 N–H and O–H groups in total. The Kier molecular flexibility index (Phi) is 8.95. The Morgan fingerprint density at radius 1 is 0.949 bits per heavy atom. The summed E-state index contributed by atoms with van der Waals surface area (Å²) in [4.78, 5) is 0. The van der Waals surface area contributed by atoms with Crippen LogP contribution in [-0.4, -0.2) is 63.8 Å². The Balaban J connectivity index is 1.24. The lowest BCUT2D eigenvalue weighted by Crippen LogP contribution is -2.60. The fourth-order valence-electron chi connectivity index (χ4n) is 10.1. The van der Waals surface area contributed by atoms with Crippen LogP contribution in [-0.2, 0) is 9.47 Å². The minimum absolute atomic E-state index is 0.0984. The van der Waals surface area contributed by atoms with Crippen LogP contribution >= 0.6 is 0 Å². The molecule has 0 bridgehead atoms. The van der Waals surface area contributed by atoms with Crippen LogP contribution in [0, 0.1) is 46.3 Å². The highest BCUT2D eigenvalue weighted by Crippen LogP contribution is 2.67. The zero-order valence-electron chi connectivity index (χ0n) is 25.1. The molecule has 1 aliphatic heterocycles. The molecule has 4 fully saturated rings. The zero-order valence-corrected chi connectivity index (χ0v) is 25.1. The normalized spacial score (nSPS) is 48.7. The number of rotatable bonds is 8. The lowest BCUT2D eigenvalue weighted by atomic mass is 9.47. The highest BCUT2D eigenvalue weighted by molar-refractivity contribution is 5.25. The van der Waals surface area contributed by atoms with Crippen LogP contribution in [0.4, 0.5) is 0 Å². The van der Waals surface area contributed by atoms with Gasteiger partial charge in [0, 0.05) is 0 Å². The first-order valence-corrected chi connectivity index (χ1v) is 16.1. The fourth-order valence-corrected chi connectivity index (χ4v) is 10.1. The van der Waals surface area contributed by atoms with Crippen molar-refractivity contribution in [3.8, 4) is 0 Å². The van der Waals surface area contributed by atoms with Gasteiger partial charge in [0.1, 0.15) is 24.4 Å². The maximum atomic E-state index is 10.5. The molecule has 4 aliphatic carbocycles. The summed E-state index contributed by atoms with van der Waals surface area (Å²) >= 11 is 0. The molecule has 6 nitrogen and oxygen atoms in total. The second-order valence-electron chi connectivity index (χ2n) is 15.0. The molecule has 0 aromatic rings. The maximum absolute atomic E-state index is 10.5. The minimum Gasteiger partial charge on any atom is -0.394 e. The average molecular weight is 549 g/mol. The van der Waals surface area contributed by atoms with Crippen LogP contribution in [0.25, 0.3) is 0 Å². The average Bonchev–Trinajstić information content (AvgIpc) is 3.26. The molecule has 224 valence electrons. The van der Waals surface area contributed by atoms with Gasteiger partial charge >= 0.3 is 0 Å². The topological polar surface area (TPSA) is 99.4 Å². The van der Waals surface area contributed by atoms with Gasteiger partial charge in [-0.3, -0.25) is 0 Å². The van der Waals surface area contributed by atoms with Crippen LogP contribution in [0.15, 0.2) is 11.6 Å². The van der Waals surface area contributed by atoms with E-state index in [1.807, 2.05) is 0 Å². The third-order valence-corrected chi connectivity index (χ3v) is 12.4. The van der Waals surface area contributed by atoms with E-state index in [-0.39, 0.29) is 11.5 Å². The summed E-state index contributed by atoms with van der Waals surface area (Å²) < 4.78 is 11.9. The second-order valence-corrected chi connectivity index (χ2v) is 15.0. The lowest BCUT2D eigenvalue weighted by molar-refractivity contribution is -0.313. The quantitative estimate of drug-likeness (QED) is 0.311. The zero-order chi connectivity index (χ0) is 28.1. The molecular weight excluding hydrogens is 492 g/mol. The van der Waals surface area contributed by atoms with E-state index in [1.165, 1.54) is 56.9 Å². The van der Waals surface area contributed by atoms with Crippen LogP contribution in [0.1, 0.15) is 105 Å². The van der Waals surface area contributed by atoms with E-state index in [4.69, 9.17) is 9.47 Å². The lowest BCUT2D eigenvalue weighted by Gasteiger charge is -2.58. The molecule has 1 heterocycles. The van der Waals surface area contributed by atoms with Crippen molar-refractivity contribution >= 4 is 0 Å². The number of aliphatic hydroxyl groups excluding tert-OH is 4. The predicted molar refractivity (Wildman–Crippen MR) is 152 cm³/mol. The minimum atomic E-state index is -1.39. The van der Waals surface area contributed by atoms with Gasteiger partial charge in [-0.2, -0.15) is 0 Å². The molecule has 0 spiro atoms. The monoisotopic (exact) mass is 548 g/mol. The van der Waals surface area contributed by atoms with Crippen molar-refractivity contribution in [2.24, 2.45) is 46.3 Å². The van der Waals surface area contributed by atoms with Gasteiger partial charge in [-0.15, -0.1) is 0 Å². The summed E-state index contributed by atoms with van der Waals surface area (Å²) in [7, 11) is 0. The van der Waals surface area contributed by atoms with Gasteiger partial charge < -0.3 is 29.9 Å². The molecule has 0 unspecified atom stereocenters. The molecule has 6 heteroatoms. The van der Waals surface area contributed by atoms with E-state index in [0.717, 1.165) is 54.8 Å². The molecular formula is C33H56O6. The maximum Gasteiger partial charge on any atom is 0.186 e. The largest absolute Gasteiger partial charge is 0.394 e. The first-order chi connectivity index (χ1) is 18.5. The summed E-state index contributed by atoms with van der Waals surface area (Å²) in [6.07, 6.45) is 9.98. The molecule has 5 rings (SSSR count). The first kappa shape index (κ1) is 30.0.